The second-order valence-corrected chi connectivity index (χ2v) is 5.57. The van der Waals surface area contributed by atoms with Crippen molar-refractivity contribution in [2.45, 2.75) is 6.92 Å². The van der Waals surface area contributed by atoms with E-state index in [-0.39, 0.29) is 0 Å². The van der Waals surface area contributed by atoms with Crippen LogP contribution < -0.4 is 10.1 Å². The van der Waals surface area contributed by atoms with Gasteiger partial charge in [0.25, 0.3) is 0 Å². The number of aryl methyl sites for hydroxylation is 1. The molecule has 2 aromatic carbocycles. The molecule has 3 aromatic rings. The van der Waals surface area contributed by atoms with Gasteiger partial charge in [-0.25, -0.2) is 4.79 Å². The summed E-state index contributed by atoms with van der Waals surface area (Å²) in [6.45, 7) is 2.04. The first kappa shape index (κ1) is 14.3. The van der Waals surface area contributed by atoms with Crippen LogP contribution in [0.15, 0.2) is 60.7 Å². The lowest BCUT2D eigenvalue weighted by molar-refractivity contribution is 0.215. The SMILES string of the molecule is Cc1ccc(-c2cc(NC(=O)Oc3ccccc3)sn2)cc1. The number of amides is 1. The first-order valence-corrected chi connectivity index (χ1v) is 7.56. The first-order valence-electron chi connectivity index (χ1n) is 6.78. The van der Waals surface area contributed by atoms with E-state index in [4.69, 9.17) is 4.74 Å². The summed E-state index contributed by atoms with van der Waals surface area (Å²) in [4.78, 5) is 11.8. The first-order chi connectivity index (χ1) is 10.7. The molecule has 0 saturated heterocycles. The van der Waals surface area contributed by atoms with E-state index in [1.165, 1.54) is 17.1 Å². The second kappa shape index (κ2) is 6.41. The number of carbonyl (C=O) groups is 1. The van der Waals surface area contributed by atoms with Gasteiger partial charge in [0.05, 0.1) is 5.69 Å². The Morgan fingerprint density at radius 2 is 1.82 bits per heavy atom. The van der Waals surface area contributed by atoms with E-state index in [2.05, 4.69) is 9.69 Å². The molecule has 0 fully saturated rings. The Hall–Kier alpha value is -2.66. The summed E-state index contributed by atoms with van der Waals surface area (Å²) < 4.78 is 9.53. The maximum atomic E-state index is 11.8. The summed E-state index contributed by atoms with van der Waals surface area (Å²) in [5.41, 5.74) is 3.05. The average Bonchev–Trinajstić information content (AvgIpc) is 2.97. The molecule has 1 amide bonds. The van der Waals surface area contributed by atoms with Crippen LogP contribution in [0.5, 0.6) is 5.75 Å². The number of nitrogens with zero attached hydrogens (tertiary/aromatic N) is 1. The summed E-state index contributed by atoms with van der Waals surface area (Å²) in [5.74, 6) is 0.503. The Morgan fingerprint density at radius 1 is 1.09 bits per heavy atom. The highest BCUT2D eigenvalue weighted by atomic mass is 32.1. The summed E-state index contributed by atoms with van der Waals surface area (Å²) in [6, 6.07) is 18.9. The van der Waals surface area contributed by atoms with Gasteiger partial charge in [-0.1, -0.05) is 48.0 Å². The molecule has 3 rings (SSSR count). The fraction of sp³-hybridized carbons (Fsp3) is 0.0588. The second-order valence-electron chi connectivity index (χ2n) is 4.77. The zero-order valence-electron chi connectivity index (χ0n) is 11.9. The lowest BCUT2D eigenvalue weighted by Crippen LogP contribution is -2.15. The molecule has 0 aliphatic heterocycles. The standard InChI is InChI=1S/C17H14N2O2S/c1-12-7-9-13(10-8-12)15-11-16(22-19-15)18-17(20)21-14-5-3-2-4-6-14/h2-11H,1H3,(H,18,20). The van der Waals surface area contributed by atoms with Crippen molar-refractivity contribution in [1.82, 2.24) is 4.37 Å². The Kier molecular flexibility index (Phi) is 4.16. The fourth-order valence-corrected chi connectivity index (χ4v) is 2.56. The van der Waals surface area contributed by atoms with Crippen molar-refractivity contribution < 1.29 is 9.53 Å². The van der Waals surface area contributed by atoms with Crippen LogP contribution in [-0.4, -0.2) is 10.5 Å². The van der Waals surface area contributed by atoms with E-state index in [1.807, 2.05) is 55.5 Å². The third-order valence-corrected chi connectivity index (χ3v) is 3.74. The smallest absolute Gasteiger partial charge is 0.410 e. The molecule has 0 aliphatic rings. The molecule has 4 nitrogen and oxygen atoms in total. The Bertz CT molecular complexity index is 767. The molecule has 22 heavy (non-hydrogen) atoms. The largest absolute Gasteiger partial charge is 0.417 e. The highest BCUT2D eigenvalue weighted by Crippen LogP contribution is 2.25. The molecule has 110 valence electrons. The molecular formula is C17H14N2O2S. The fourth-order valence-electron chi connectivity index (χ4n) is 1.92. The van der Waals surface area contributed by atoms with Crippen molar-refractivity contribution >= 4 is 22.6 Å². The summed E-state index contributed by atoms with van der Waals surface area (Å²) in [6.07, 6.45) is -0.523. The van der Waals surface area contributed by atoms with Gasteiger partial charge in [0, 0.05) is 11.6 Å². The van der Waals surface area contributed by atoms with Crippen molar-refractivity contribution in [1.29, 1.82) is 0 Å². The van der Waals surface area contributed by atoms with Gasteiger partial charge in [0.15, 0.2) is 0 Å². The van der Waals surface area contributed by atoms with Crippen LogP contribution in [0.4, 0.5) is 9.80 Å². The van der Waals surface area contributed by atoms with Gasteiger partial charge in [-0.15, -0.1) is 0 Å². The van der Waals surface area contributed by atoms with Gasteiger partial charge >= 0.3 is 6.09 Å². The molecule has 0 bridgehead atoms. The molecule has 0 unspecified atom stereocenters. The molecule has 0 saturated carbocycles. The summed E-state index contributed by atoms with van der Waals surface area (Å²) in [5, 5.41) is 3.34. The minimum absolute atomic E-state index is 0.503. The van der Waals surface area contributed by atoms with E-state index < -0.39 is 6.09 Å². The van der Waals surface area contributed by atoms with Gasteiger partial charge in [-0.05, 0) is 30.6 Å². The van der Waals surface area contributed by atoms with Gasteiger partial charge in [-0.3, -0.25) is 5.32 Å². The molecule has 1 N–H and O–H groups in total. The minimum Gasteiger partial charge on any atom is -0.410 e. The summed E-state index contributed by atoms with van der Waals surface area (Å²) in [7, 11) is 0. The van der Waals surface area contributed by atoms with E-state index in [9.17, 15) is 4.79 Å². The number of para-hydroxylation sites is 1. The molecule has 0 radical (unpaired) electrons. The molecular weight excluding hydrogens is 296 g/mol. The van der Waals surface area contributed by atoms with Gasteiger partial charge < -0.3 is 4.74 Å². The Labute approximate surface area is 132 Å². The van der Waals surface area contributed by atoms with Gasteiger partial charge in [0.1, 0.15) is 10.8 Å². The van der Waals surface area contributed by atoms with E-state index in [0.717, 1.165) is 11.3 Å². The number of ether oxygens (including phenoxy) is 1. The van der Waals surface area contributed by atoms with Crippen LogP contribution in [0.2, 0.25) is 0 Å². The predicted octanol–water partition coefficient (Wildman–Crippen LogP) is 4.73. The van der Waals surface area contributed by atoms with E-state index in [0.29, 0.717) is 10.8 Å². The lowest BCUT2D eigenvalue weighted by Gasteiger charge is -2.03. The monoisotopic (exact) mass is 310 g/mol. The zero-order valence-corrected chi connectivity index (χ0v) is 12.8. The van der Waals surface area contributed by atoms with Crippen LogP contribution >= 0.6 is 11.5 Å². The highest BCUT2D eigenvalue weighted by Gasteiger charge is 2.09. The number of nitrogens with one attached hydrogen (secondary N) is 1. The molecule has 1 aromatic heterocycles. The number of anilines is 1. The molecule has 0 spiro atoms. The number of carbonyl (C=O) groups excluding carboxylic acids is 1. The van der Waals surface area contributed by atoms with Crippen molar-refractivity contribution in [3.63, 3.8) is 0 Å². The number of benzene rings is 2. The van der Waals surface area contributed by atoms with Crippen molar-refractivity contribution in [2.75, 3.05) is 5.32 Å². The molecule has 5 heteroatoms. The quantitative estimate of drug-likeness (QED) is 0.761. The number of hydrogen-bond donors (Lipinski definition) is 1. The van der Waals surface area contributed by atoms with Crippen LogP contribution in [0.25, 0.3) is 11.3 Å². The van der Waals surface area contributed by atoms with Crippen LogP contribution in [0.3, 0.4) is 0 Å². The van der Waals surface area contributed by atoms with E-state index >= 15 is 0 Å². The average molecular weight is 310 g/mol. The number of aromatic nitrogens is 1. The minimum atomic E-state index is -0.523. The highest BCUT2D eigenvalue weighted by molar-refractivity contribution is 7.10. The molecule has 1 heterocycles. The maximum Gasteiger partial charge on any atom is 0.417 e. The van der Waals surface area contributed by atoms with Crippen molar-refractivity contribution in [2.24, 2.45) is 0 Å². The van der Waals surface area contributed by atoms with E-state index in [1.54, 1.807) is 12.1 Å². The maximum absolute atomic E-state index is 11.8. The van der Waals surface area contributed by atoms with Crippen LogP contribution in [0.1, 0.15) is 5.56 Å². The van der Waals surface area contributed by atoms with Gasteiger partial charge in [-0.2, -0.15) is 4.37 Å². The van der Waals surface area contributed by atoms with Crippen LogP contribution in [-0.2, 0) is 0 Å². The van der Waals surface area contributed by atoms with Gasteiger partial charge in [0.2, 0.25) is 0 Å². The lowest BCUT2D eigenvalue weighted by atomic mass is 10.1. The molecule has 0 atom stereocenters. The van der Waals surface area contributed by atoms with Crippen molar-refractivity contribution in [3.05, 3.63) is 66.2 Å². The Morgan fingerprint density at radius 3 is 2.55 bits per heavy atom. The zero-order chi connectivity index (χ0) is 15.4. The van der Waals surface area contributed by atoms with Crippen molar-refractivity contribution in [3.8, 4) is 17.0 Å². The number of rotatable bonds is 3. The normalized spacial score (nSPS) is 10.2. The third kappa shape index (κ3) is 3.51. The summed E-state index contributed by atoms with van der Waals surface area (Å²) >= 11 is 1.23. The number of hydrogen-bond acceptors (Lipinski definition) is 4. The predicted molar refractivity (Wildman–Crippen MR) is 88.4 cm³/mol. The molecule has 0 aliphatic carbocycles. The Balaban J connectivity index is 1.66. The van der Waals surface area contributed by atoms with Crippen LogP contribution in [0, 0.1) is 6.92 Å². The third-order valence-electron chi connectivity index (χ3n) is 3.04. The topological polar surface area (TPSA) is 51.2 Å².